The summed E-state index contributed by atoms with van der Waals surface area (Å²) in [5, 5.41) is 0. The van der Waals surface area contributed by atoms with Crippen LogP contribution in [0.4, 0.5) is 0 Å². The Morgan fingerprint density at radius 3 is 2.94 bits per heavy atom. The number of pyridine rings is 1. The van der Waals surface area contributed by atoms with E-state index in [9.17, 15) is 9.59 Å². The quantitative estimate of drug-likeness (QED) is 0.804. The van der Waals surface area contributed by atoms with Crippen molar-refractivity contribution in [3.63, 3.8) is 0 Å². The Morgan fingerprint density at radius 1 is 1.56 bits per heavy atom. The van der Waals surface area contributed by atoms with Gasteiger partial charge in [0.25, 0.3) is 5.91 Å². The van der Waals surface area contributed by atoms with Crippen LogP contribution < -0.4 is 11.3 Å². The molecule has 2 atom stereocenters. The summed E-state index contributed by atoms with van der Waals surface area (Å²) in [6.45, 7) is 3.35. The Bertz CT molecular complexity index is 463. The second kappa shape index (κ2) is 5.35. The Kier molecular flexibility index (Phi) is 3.81. The zero-order chi connectivity index (χ0) is 13.1. The van der Waals surface area contributed by atoms with Gasteiger partial charge in [-0.15, -0.1) is 0 Å². The maximum atomic E-state index is 12.4. The van der Waals surface area contributed by atoms with Gasteiger partial charge in [0.2, 0.25) is 5.56 Å². The third-order valence-electron chi connectivity index (χ3n) is 3.65. The third-order valence-corrected chi connectivity index (χ3v) is 3.65. The number of hydrogen-bond donors (Lipinski definition) is 2. The van der Waals surface area contributed by atoms with Gasteiger partial charge >= 0.3 is 0 Å². The molecule has 0 bridgehead atoms. The summed E-state index contributed by atoms with van der Waals surface area (Å²) < 4.78 is 0. The zero-order valence-electron chi connectivity index (χ0n) is 10.6. The summed E-state index contributed by atoms with van der Waals surface area (Å²) >= 11 is 0. The molecule has 5 nitrogen and oxygen atoms in total. The highest BCUT2D eigenvalue weighted by atomic mass is 16.2. The van der Waals surface area contributed by atoms with Crippen molar-refractivity contribution in [1.29, 1.82) is 0 Å². The standard InChI is InChI=1S/C13H19N3O2/c1-9-3-2-6-16(11(9)7-14)13(18)10-4-5-12(17)15-8-10/h4-5,8-9,11H,2-3,6-7,14H2,1H3,(H,15,17)/t9-,11+/m1/s1. The number of H-pyrrole nitrogens is 1. The van der Waals surface area contributed by atoms with E-state index in [1.807, 2.05) is 4.90 Å². The van der Waals surface area contributed by atoms with Gasteiger partial charge in [-0.2, -0.15) is 0 Å². The topological polar surface area (TPSA) is 79.2 Å². The van der Waals surface area contributed by atoms with E-state index in [0.717, 1.165) is 19.4 Å². The number of hydrogen-bond acceptors (Lipinski definition) is 3. The summed E-state index contributed by atoms with van der Waals surface area (Å²) in [6.07, 6.45) is 3.58. The fraction of sp³-hybridized carbons (Fsp3) is 0.538. The van der Waals surface area contributed by atoms with Gasteiger partial charge in [-0.05, 0) is 24.8 Å². The van der Waals surface area contributed by atoms with Crippen molar-refractivity contribution in [1.82, 2.24) is 9.88 Å². The van der Waals surface area contributed by atoms with Crippen molar-refractivity contribution < 1.29 is 4.79 Å². The van der Waals surface area contributed by atoms with Crippen molar-refractivity contribution in [2.75, 3.05) is 13.1 Å². The summed E-state index contributed by atoms with van der Waals surface area (Å²) in [7, 11) is 0. The minimum Gasteiger partial charge on any atom is -0.334 e. The van der Waals surface area contributed by atoms with Crippen LogP contribution in [-0.2, 0) is 0 Å². The molecule has 18 heavy (non-hydrogen) atoms. The van der Waals surface area contributed by atoms with Crippen molar-refractivity contribution in [2.24, 2.45) is 11.7 Å². The summed E-state index contributed by atoms with van der Waals surface area (Å²) in [5.74, 6) is 0.378. The molecule has 1 aromatic heterocycles. The van der Waals surface area contributed by atoms with Gasteiger partial charge < -0.3 is 15.6 Å². The minimum absolute atomic E-state index is 0.0479. The lowest BCUT2D eigenvalue weighted by Crippen LogP contribution is -2.51. The van der Waals surface area contributed by atoms with E-state index in [0.29, 0.717) is 18.0 Å². The SMILES string of the molecule is C[C@@H]1CCCN(C(=O)c2ccc(=O)[nH]c2)[C@H]1CN. The highest BCUT2D eigenvalue weighted by molar-refractivity contribution is 5.94. The van der Waals surface area contributed by atoms with E-state index in [1.165, 1.54) is 12.3 Å². The maximum absolute atomic E-state index is 12.4. The van der Waals surface area contributed by atoms with Gasteiger partial charge in [-0.25, -0.2) is 0 Å². The second-order valence-corrected chi connectivity index (χ2v) is 4.86. The van der Waals surface area contributed by atoms with Crippen molar-refractivity contribution >= 4 is 5.91 Å². The monoisotopic (exact) mass is 249 g/mol. The molecule has 2 heterocycles. The molecule has 1 aliphatic rings. The van der Waals surface area contributed by atoms with Crippen LogP contribution in [0.25, 0.3) is 0 Å². The van der Waals surface area contributed by atoms with Gasteiger partial charge in [-0.3, -0.25) is 9.59 Å². The molecule has 1 aliphatic heterocycles. The molecule has 1 aromatic rings. The van der Waals surface area contributed by atoms with E-state index in [4.69, 9.17) is 5.73 Å². The Morgan fingerprint density at radius 2 is 2.33 bits per heavy atom. The van der Waals surface area contributed by atoms with Crippen LogP contribution in [-0.4, -0.2) is 34.9 Å². The molecule has 0 radical (unpaired) electrons. The van der Waals surface area contributed by atoms with Crippen molar-refractivity contribution in [3.05, 3.63) is 34.2 Å². The first-order chi connectivity index (χ1) is 8.63. The van der Waals surface area contributed by atoms with Crippen LogP contribution in [0.1, 0.15) is 30.1 Å². The van der Waals surface area contributed by atoms with Gasteiger partial charge in [0.15, 0.2) is 0 Å². The van der Waals surface area contributed by atoms with Gasteiger partial charge in [0, 0.05) is 31.4 Å². The van der Waals surface area contributed by atoms with Crippen LogP contribution in [0.15, 0.2) is 23.1 Å². The van der Waals surface area contributed by atoms with Crippen LogP contribution in [0, 0.1) is 5.92 Å². The van der Waals surface area contributed by atoms with Gasteiger partial charge in [-0.1, -0.05) is 6.92 Å². The van der Waals surface area contributed by atoms with Crippen molar-refractivity contribution in [3.8, 4) is 0 Å². The lowest BCUT2D eigenvalue weighted by molar-refractivity contribution is 0.0532. The first-order valence-electron chi connectivity index (χ1n) is 6.33. The molecule has 0 aliphatic carbocycles. The molecular formula is C13H19N3O2. The fourth-order valence-corrected chi connectivity index (χ4v) is 2.57. The number of aromatic amines is 1. The number of likely N-dealkylation sites (tertiary alicyclic amines) is 1. The molecule has 0 unspecified atom stereocenters. The highest BCUT2D eigenvalue weighted by Crippen LogP contribution is 2.23. The summed E-state index contributed by atoms with van der Waals surface area (Å²) in [5.41, 5.74) is 6.09. The normalized spacial score (nSPS) is 24.0. The number of nitrogens with one attached hydrogen (secondary N) is 1. The molecule has 0 aromatic carbocycles. The van der Waals surface area contributed by atoms with Crippen LogP contribution in [0.3, 0.4) is 0 Å². The largest absolute Gasteiger partial charge is 0.334 e. The van der Waals surface area contributed by atoms with E-state index in [-0.39, 0.29) is 17.5 Å². The van der Waals surface area contributed by atoms with E-state index in [1.54, 1.807) is 6.07 Å². The molecular weight excluding hydrogens is 230 g/mol. The Labute approximate surface area is 106 Å². The maximum Gasteiger partial charge on any atom is 0.255 e. The average Bonchev–Trinajstić information content (AvgIpc) is 2.38. The second-order valence-electron chi connectivity index (χ2n) is 4.86. The minimum atomic E-state index is -0.200. The molecule has 1 amide bonds. The number of rotatable bonds is 2. The molecule has 1 fully saturated rings. The first-order valence-corrected chi connectivity index (χ1v) is 6.33. The number of nitrogens with zero attached hydrogens (tertiary/aromatic N) is 1. The van der Waals surface area contributed by atoms with Crippen molar-refractivity contribution in [2.45, 2.75) is 25.8 Å². The van der Waals surface area contributed by atoms with Crippen LogP contribution >= 0.6 is 0 Å². The van der Waals surface area contributed by atoms with E-state index < -0.39 is 0 Å². The van der Waals surface area contributed by atoms with E-state index in [2.05, 4.69) is 11.9 Å². The molecule has 3 N–H and O–H groups in total. The molecule has 0 saturated carbocycles. The number of nitrogens with two attached hydrogens (primary N) is 1. The average molecular weight is 249 g/mol. The fourth-order valence-electron chi connectivity index (χ4n) is 2.57. The highest BCUT2D eigenvalue weighted by Gasteiger charge is 2.31. The molecule has 5 heteroatoms. The lowest BCUT2D eigenvalue weighted by Gasteiger charge is -2.39. The molecule has 1 saturated heterocycles. The molecule has 0 spiro atoms. The van der Waals surface area contributed by atoms with E-state index >= 15 is 0 Å². The van der Waals surface area contributed by atoms with Gasteiger partial charge in [0.1, 0.15) is 0 Å². The number of carbonyl (C=O) groups is 1. The number of aromatic nitrogens is 1. The first kappa shape index (κ1) is 12.8. The zero-order valence-corrected chi connectivity index (χ0v) is 10.6. The predicted molar refractivity (Wildman–Crippen MR) is 69.3 cm³/mol. The molecule has 98 valence electrons. The predicted octanol–water partition coefficient (Wildman–Crippen LogP) is 0.574. The third kappa shape index (κ3) is 2.46. The Hall–Kier alpha value is -1.62. The molecule has 2 rings (SSSR count). The summed E-state index contributed by atoms with van der Waals surface area (Å²) in [4.78, 5) is 27.7. The summed E-state index contributed by atoms with van der Waals surface area (Å²) in [6, 6.07) is 3.03. The number of amides is 1. The van der Waals surface area contributed by atoms with Crippen LogP contribution in [0.2, 0.25) is 0 Å². The smallest absolute Gasteiger partial charge is 0.255 e. The lowest BCUT2D eigenvalue weighted by atomic mass is 9.90. The van der Waals surface area contributed by atoms with Gasteiger partial charge in [0.05, 0.1) is 5.56 Å². The Balaban J connectivity index is 2.21. The number of carbonyl (C=O) groups excluding carboxylic acids is 1. The van der Waals surface area contributed by atoms with Crippen LogP contribution in [0.5, 0.6) is 0 Å². The number of piperidine rings is 1.